The molecule has 0 bridgehead atoms. The molecule has 2 saturated heterocycles. The molecular weight excluding hydrogens is 719 g/mol. The van der Waals surface area contributed by atoms with E-state index in [4.69, 9.17) is 14.5 Å². The van der Waals surface area contributed by atoms with Gasteiger partial charge in [-0.25, -0.2) is 4.98 Å². The summed E-state index contributed by atoms with van der Waals surface area (Å²) in [5.74, 6) is 2.25. The molecule has 0 atom stereocenters. The van der Waals surface area contributed by atoms with Crippen molar-refractivity contribution in [2.24, 2.45) is 13.0 Å². The number of methoxy groups -OCH3 is 1. The molecule has 3 aromatic heterocycles. The fourth-order valence-corrected chi connectivity index (χ4v) is 8.47. The third-order valence-corrected chi connectivity index (χ3v) is 11.4. The number of ether oxygens (including phenoxy) is 2. The minimum atomic E-state index is -2.77. The maximum absolute atomic E-state index is 13.5. The predicted octanol–water partition coefficient (Wildman–Crippen LogP) is 5.88. The number of halogens is 1. The number of hydrogen-bond donors (Lipinski definition) is 2. The van der Waals surface area contributed by atoms with Crippen LogP contribution in [0.2, 0.25) is 0 Å². The molecule has 2 aliphatic heterocycles. The number of benzene rings is 2. The first kappa shape index (κ1) is 34.4. The van der Waals surface area contributed by atoms with Gasteiger partial charge < -0.3 is 29.6 Å². The Morgan fingerprint density at radius 1 is 1.00 bits per heavy atom. The second-order valence-corrected chi connectivity index (χ2v) is 17.2. The van der Waals surface area contributed by atoms with E-state index in [9.17, 15) is 4.57 Å². The van der Waals surface area contributed by atoms with Gasteiger partial charge in [-0.05, 0) is 66.2 Å². The number of nitrogens with one attached hydrogen (secondary N) is 2. The third-order valence-electron chi connectivity index (χ3n) is 9.30. The van der Waals surface area contributed by atoms with Crippen molar-refractivity contribution < 1.29 is 14.0 Å². The van der Waals surface area contributed by atoms with Crippen molar-refractivity contribution in [3.05, 3.63) is 59.7 Å². The summed E-state index contributed by atoms with van der Waals surface area (Å²) in [7, 11) is 0.832. The molecule has 5 heterocycles. The van der Waals surface area contributed by atoms with Crippen molar-refractivity contribution >= 4 is 68.2 Å². The highest BCUT2D eigenvalue weighted by molar-refractivity contribution is 9.10. The zero-order valence-corrected chi connectivity index (χ0v) is 31.2. The van der Waals surface area contributed by atoms with E-state index in [0.29, 0.717) is 49.9 Å². The summed E-state index contributed by atoms with van der Waals surface area (Å²) < 4.78 is 27.5. The number of hydrogen-bond acceptors (Lipinski definition) is 12. The van der Waals surface area contributed by atoms with E-state index in [0.717, 1.165) is 81.3 Å². The van der Waals surface area contributed by atoms with Gasteiger partial charge in [0.25, 0.3) is 0 Å². The molecule has 7 rings (SSSR count). The van der Waals surface area contributed by atoms with Crippen LogP contribution in [0, 0.1) is 5.92 Å². The lowest BCUT2D eigenvalue weighted by molar-refractivity contribution is 0.0517. The smallest absolute Gasteiger partial charge is 0.229 e. The Kier molecular flexibility index (Phi) is 10.1. The monoisotopic (exact) mass is 760 g/mol. The normalized spacial score (nSPS) is 16.1. The highest BCUT2D eigenvalue weighted by Crippen LogP contribution is 2.43. The second-order valence-electron chi connectivity index (χ2n) is 13.2. The summed E-state index contributed by atoms with van der Waals surface area (Å²) in [6.07, 6.45) is 11.1. The van der Waals surface area contributed by atoms with E-state index >= 15 is 0 Å². The SMILES string of the molecule is COc1cc(N2CCN(CC3CCOCC3)CC2)c(-c2cnn(C)c2)cc1Nc1ncc(Br)c(Nc2ccc3nccnc3c2P(C)(C)=O)n1. The minimum absolute atomic E-state index is 0.360. The number of aromatic nitrogens is 6. The molecule has 2 fully saturated rings. The van der Waals surface area contributed by atoms with Crippen LogP contribution in [0.1, 0.15) is 12.8 Å². The van der Waals surface area contributed by atoms with Crippen LogP contribution in [0.25, 0.3) is 22.2 Å². The molecule has 262 valence electrons. The molecule has 2 N–H and O–H groups in total. The molecule has 0 spiro atoms. The van der Waals surface area contributed by atoms with Crippen LogP contribution in [-0.4, -0.2) is 101 Å². The van der Waals surface area contributed by atoms with E-state index in [1.807, 2.05) is 36.3 Å². The van der Waals surface area contributed by atoms with Gasteiger partial charge in [-0.3, -0.25) is 19.5 Å². The molecule has 2 aromatic carbocycles. The number of rotatable bonds is 10. The van der Waals surface area contributed by atoms with Crippen molar-refractivity contribution in [1.29, 1.82) is 0 Å². The number of nitrogens with zero attached hydrogens (tertiary/aromatic N) is 8. The summed E-state index contributed by atoms with van der Waals surface area (Å²) in [6, 6.07) is 7.90. The van der Waals surface area contributed by atoms with Crippen LogP contribution in [-0.2, 0) is 16.3 Å². The van der Waals surface area contributed by atoms with Crippen LogP contribution in [0.15, 0.2) is 59.7 Å². The van der Waals surface area contributed by atoms with Crippen molar-refractivity contribution in [3.8, 4) is 16.9 Å². The van der Waals surface area contributed by atoms with E-state index in [1.54, 1.807) is 39.0 Å². The first-order valence-corrected chi connectivity index (χ1v) is 20.2. The Morgan fingerprint density at radius 2 is 1.78 bits per heavy atom. The van der Waals surface area contributed by atoms with E-state index in [1.165, 1.54) is 0 Å². The summed E-state index contributed by atoms with van der Waals surface area (Å²) in [4.78, 5) is 23.3. The Balaban J connectivity index is 1.17. The maximum atomic E-state index is 13.5. The minimum Gasteiger partial charge on any atom is -0.494 e. The first-order chi connectivity index (χ1) is 24.2. The Bertz CT molecular complexity index is 2040. The maximum Gasteiger partial charge on any atom is 0.229 e. The van der Waals surface area contributed by atoms with Gasteiger partial charge in [0, 0.05) is 101 Å². The predicted molar refractivity (Wildman–Crippen MR) is 202 cm³/mol. The lowest BCUT2D eigenvalue weighted by Gasteiger charge is -2.39. The van der Waals surface area contributed by atoms with Gasteiger partial charge in [0.2, 0.25) is 5.95 Å². The molecule has 0 saturated carbocycles. The van der Waals surface area contributed by atoms with Gasteiger partial charge in [-0.1, -0.05) is 0 Å². The molecule has 2 aliphatic rings. The fraction of sp³-hybridized carbons (Fsp3) is 0.400. The standard InChI is InChI=1S/C35H42BrN10O3P/c1-44-22-24(19-40-44)25-17-29(31(48-2)18-30(25)46-13-11-45(12-14-46)21-23-7-15-49-16-8-23)42-35-39-20-26(36)34(43-35)41-28-6-5-27-32(38-10-9-37-27)33(28)50(3,4)47/h5-6,9-10,17-20,22-23H,7-8,11-16,21H2,1-4H3,(H2,39,41,42,43). The van der Waals surface area contributed by atoms with Gasteiger partial charge in [0.05, 0.1) is 40.0 Å². The number of aryl methyl sites for hydroxylation is 1. The zero-order chi connectivity index (χ0) is 34.8. The molecule has 0 amide bonds. The quantitative estimate of drug-likeness (QED) is 0.165. The molecule has 0 unspecified atom stereocenters. The lowest BCUT2D eigenvalue weighted by Crippen LogP contribution is -2.48. The molecule has 15 heteroatoms. The molecule has 5 aromatic rings. The Morgan fingerprint density at radius 3 is 2.50 bits per heavy atom. The van der Waals surface area contributed by atoms with Gasteiger partial charge in [-0.2, -0.15) is 10.1 Å². The van der Waals surface area contributed by atoms with E-state index < -0.39 is 7.14 Å². The Hall–Kier alpha value is -4.10. The molecule has 50 heavy (non-hydrogen) atoms. The summed E-state index contributed by atoms with van der Waals surface area (Å²) >= 11 is 3.60. The van der Waals surface area contributed by atoms with Crippen LogP contribution in [0.5, 0.6) is 5.75 Å². The van der Waals surface area contributed by atoms with Crippen molar-refractivity contribution in [2.75, 3.05) is 81.9 Å². The van der Waals surface area contributed by atoms with E-state index in [-0.39, 0.29) is 0 Å². The fourth-order valence-electron chi connectivity index (χ4n) is 6.79. The molecule has 0 radical (unpaired) electrons. The highest BCUT2D eigenvalue weighted by atomic mass is 79.9. The first-order valence-electron chi connectivity index (χ1n) is 16.8. The molecule has 0 aliphatic carbocycles. The summed E-state index contributed by atoms with van der Waals surface area (Å²) in [5, 5.41) is 11.9. The van der Waals surface area contributed by atoms with E-state index in [2.05, 4.69) is 68.5 Å². The number of anilines is 5. The third kappa shape index (κ3) is 7.48. The number of fused-ring (bicyclic) bond motifs is 1. The average molecular weight is 762 g/mol. The summed E-state index contributed by atoms with van der Waals surface area (Å²) in [6.45, 7) is 10.2. The highest BCUT2D eigenvalue weighted by Gasteiger charge is 2.26. The number of piperazine rings is 1. The van der Waals surface area contributed by atoms with Crippen molar-refractivity contribution in [1.82, 2.24) is 34.6 Å². The van der Waals surface area contributed by atoms with Crippen molar-refractivity contribution in [3.63, 3.8) is 0 Å². The summed E-state index contributed by atoms with van der Waals surface area (Å²) in [5.41, 5.74) is 5.78. The topological polar surface area (TPSA) is 135 Å². The second kappa shape index (κ2) is 14.6. The Labute approximate surface area is 300 Å². The largest absolute Gasteiger partial charge is 0.494 e. The molecular formula is C35H42BrN10O3P. The van der Waals surface area contributed by atoms with Crippen LogP contribution in [0.3, 0.4) is 0 Å². The zero-order valence-electron chi connectivity index (χ0n) is 28.8. The van der Waals surface area contributed by atoms with Gasteiger partial charge in [0.1, 0.15) is 24.2 Å². The van der Waals surface area contributed by atoms with Gasteiger partial charge in [-0.15, -0.1) is 0 Å². The van der Waals surface area contributed by atoms with Gasteiger partial charge >= 0.3 is 0 Å². The average Bonchev–Trinajstić information content (AvgIpc) is 3.55. The lowest BCUT2D eigenvalue weighted by atomic mass is 9.99. The van der Waals surface area contributed by atoms with Gasteiger partial charge in [0.15, 0.2) is 0 Å². The van der Waals surface area contributed by atoms with Crippen LogP contribution >= 0.6 is 23.1 Å². The van der Waals surface area contributed by atoms with Crippen LogP contribution in [0.4, 0.5) is 28.8 Å². The van der Waals surface area contributed by atoms with Crippen molar-refractivity contribution in [2.45, 2.75) is 12.8 Å². The molecule has 13 nitrogen and oxygen atoms in total. The van der Waals surface area contributed by atoms with Crippen LogP contribution < -0.4 is 25.6 Å².